The van der Waals surface area contributed by atoms with Crippen molar-refractivity contribution >= 4 is 12.1 Å². The first-order valence-electron chi connectivity index (χ1n) is 6.46. The van der Waals surface area contributed by atoms with Crippen molar-refractivity contribution in [3.05, 3.63) is 35.9 Å². The van der Waals surface area contributed by atoms with Gasteiger partial charge in [-0.2, -0.15) is 5.10 Å². The number of aliphatic hydroxyl groups is 1. The molecule has 1 aromatic rings. The zero-order valence-corrected chi connectivity index (χ0v) is 11.6. The van der Waals surface area contributed by atoms with Crippen LogP contribution in [-0.4, -0.2) is 28.0 Å². The van der Waals surface area contributed by atoms with Crippen LogP contribution in [0, 0.1) is 5.41 Å². The predicted molar refractivity (Wildman–Crippen MR) is 74.5 cm³/mol. The molecule has 0 radical (unpaired) electrons. The molecule has 1 atom stereocenters. The highest BCUT2D eigenvalue weighted by Gasteiger charge is 2.49. The molecule has 0 aromatic heterocycles. The molecule has 0 unspecified atom stereocenters. The summed E-state index contributed by atoms with van der Waals surface area (Å²) in [6, 6.07) is 9.49. The zero-order valence-electron chi connectivity index (χ0n) is 11.6. The van der Waals surface area contributed by atoms with E-state index in [-0.39, 0.29) is 12.3 Å². The number of benzene rings is 1. The summed E-state index contributed by atoms with van der Waals surface area (Å²) in [5.41, 5.74) is -0.764. The molecule has 19 heavy (non-hydrogen) atoms. The van der Waals surface area contributed by atoms with Crippen molar-refractivity contribution < 1.29 is 9.90 Å². The van der Waals surface area contributed by atoms with Crippen LogP contribution in [-0.2, 0) is 11.2 Å². The van der Waals surface area contributed by atoms with E-state index >= 15 is 0 Å². The SMILES string of the molecule is CC(C)(C)[C@@]1(O)CC=NN1C(=O)Cc1ccccc1. The minimum absolute atomic E-state index is 0.183. The van der Waals surface area contributed by atoms with Gasteiger partial charge in [-0.05, 0) is 5.56 Å². The molecule has 1 aliphatic heterocycles. The van der Waals surface area contributed by atoms with Crippen LogP contribution in [0.2, 0.25) is 0 Å². The number of nitrogens with zero attached hydrogens (tertiary/aromatic N) is 2. The first kappa shape index (κ1) is 13.7. The lowest BCUT2D eigenvalue weighted by Crippen LogP contribution is -2.55. The van der Waals surface area contributed by atoms with E-state index in [1.165, 1.54) is 5.01 Å². The maximum absolute atomic E-state index is 12.3. The Bertz CT molecular complexity index is 491. The number of carbonyl (C=O) groups excluding carboxylic acids is 1. The van der Waals surface area contributed by atoms with Crippen LogP contribution in [0.25, 0.3) is 0 Å². The normalized spacial score (nSPS) is 22.8. The predicted octanol–water partition coefficient (Wildman–Crippen LogP) is 2.18. The Balaban J connectivity index is 2.17. The van der Waals surface area contributed by atoms with Crippen molar-refractivity contribution in [2.24, 2.45) is 10.5 Å². The van der Waals surface area contributed by atoms with Gasteiger partial charge < -0.3 is 5.11 Å². The summed E-state index contributed by atoms with van der Waals surface area (Å²) in [5, 5.41) is 16.0. The number of rotatable bonds is 2. The van der Waals surface area contributed by atoms with Crippen LogP contribution in [0.4, 0.5) is 0 Å². The van der Waals surface area contributed by atoms with E-state index in [1.54, 1.807) is 6.21 Å². The topological polar surface area (TPSA) is 52.9 Å². The van der Waals surface area contributed by atoms with E-state index in [0.717, 1.165) is 5.56 Å². The fourth-order valence-electron chi connectivity index (χ4n) is 2.17. The summed E-state index contributed by atoms with van der Waals surface area (Å²) in [6.07, 6.45) is 2.22. The molecule has 0 fully saturated rings. The Kier molecular flexibility index (Phi) is 3.45. The van der Waals surface area contributed by atoms with Crippen LogP contribution in [0.1, 0.15) is 32.8 Å². The summed E-state index contributed by atoms with van der Waals surface area (Å²) < 4.78 is 0. The third-order valence-corrected chi connectivity index (χ3v) is 3.56. The fraction of sp³-hybridized carbons (Fsp3) is 0.467. The lowest BCUT2D eigenvalue weighted by Gasteiger charge is -2.41. The average molecular weight is 260 g/mol. The summed E-state index contributed by atoms with van der Waals surface area (Å²) in [4.78, 5) is 12.3. The first-order chi connectivity index (χ1) is 8.84. The van der Waals surface area contributed by atoms with Gasteiger partial charge in [0.25, 0.3) is 0 Å². The average Bonchev–Trinajstić information content (AvgIpc) is 2.73. The number of hydrazone groups is 1. The zero-order chi connectivity index (χ0) is 14.1. The number of hydrogen-bond acceptors (Lipinski definition) is 3. The molecule has 0 spiro atoms. The minimum Gasteiger partial charge on any atom is -0.368 e. The van der Waals surface area contributed by atoms with Crippen molar-refractivity contribution in [3.8, 4) is 0 Å². The van der Waals surface area contributed by atoms with Crippen molar-refractivity contribution in [2.45, 2.75) is 39.3 Å². The van der Waals surface area contributed by atoms with E-state index in [0.29, 0.717) is 6.42 Å². The Hall–Kier alpha value is -1.68. The van der Waals surface area contributed by atoms with Crippen LogP contribution >= 0.6 is 0 Å². The lowest BCUT2D eigenvalue weighted by molar-refractivity contribution is -0.181. The summed E-state index contributed by atoms with van der Waals surface area (Å²) in [5.74, 6) is -0.183. The van der Waals surface area contributed by atoms with Crippen molar-refractivity contribution in [1.29, 1.82) is 0 Å². The van der Waals surface area contributed by atoms with Gasteiger partial charge in [0, 0.05) is 18.1 Å². The highest BCUT2D eigenvalue weighted by Crippen LogP contribution is 2.39. The molecule has 0 bridgehead atoms. The molecule has 1 amide bonds. The molecule has 1 aliphatic rings. The monoisotopic (exact) mass is 260 g/mol. The Morgan fingerprint density at radius 2 is 2.00 bits per heavy atom. The van der Waals surface area contributed by atoms with Gasteiger partial charge in [0.2, 0.25) is 5.91 Å². The molecule has 1 aromatic carbocycles. The fourth-order valence-corrected chi connectivity index (χ4v) is 2.17. The molecule has 102 valence electrons. The van der Waals surface area contributed by atoms with Crippen LogP contribution in [0.5, 0.6) is 0 Å². The first-order valence-corrected chi connectivity index (χ1v) is 6.46. The van der Waals surface area contributed by atoms with Gasteiger partial charge >= 0.3 is 0 Å². The Morgan fingerprint density at radius 1 is 1.37 bits per heavy atom. The van der Waals surface area contributed by atoms with E-state index in [1.807, 2.05) is 51.1 Å². The minimum atomic E-state index is -1.24. The molecular formula is C15H20N2O2. The summed E-state index contributed by atoms with van der Waals surface area (Å²) in [6.45, 7) is 5.72. The lowest BCUT2D eigenvalue weighted by atomic mass is 9.81. The van der Waals surface area contributed by atoms with Gasteiger partial charge in [0.05, 0.1) is 6.42 Å². The van der Waals surface area contributed by atoms with Crippen LogP contribution in [0.15, 0.2) is 35.4 Å². The molecule has 4 nitrogen and oxygen atoms in total. The largest absolute Gasteiger partial charge is 0.368 e. The Morgan fingerprint density at radius 3 is 2.58 bits per heavy atom. The standard InChI is InChI=1S/C15H20N2O2/c1-14(2,3)15(19)9-10-16-17(15)13(18)11-12-7-5-4-6-8-12/h4-8,10,19H,9,11H2,1-3H3/t15-/m0/s1. The molecule has 4 heteroatoms. The van der Waals surface area contributed by atoms with Crippen molar-refractivity contribution in [3.63, 3.8) is 0 Å². The number of carbonyl (C=O) groups is 1. The van der Waals surface area contributed by atoms with Gasteiger partial charge in [-0.3, -0.25) is 4.79 Å². The van der Waals surface area contributed by atoms with Crippen LogP contribution < -0.4 is 0 Å². The second kappa shape index (κ2) is 4.78. The number of hydrogen-bond donors (Lipinski definition) is 1. The van der Waals surface area contributed by atoms with Gasteiger partial charge in [-0.1, -0.05) is 51.1 Å². The Labute approximate surface area is 113 Å². The van der Waals surface area contributed by atoms with E-state index < -0.39 is 11.1 Å². The summed E-state index contributed by atoms with van der Waals surface area (Å²) in [7, 11) is 0. The highest BCUT2D eigenvalue weighted by atomic mass is 16.3. The molecule has 1 N–H and O–H groups in total. The van der Waals surface area contributed by atoms with Gasteiger partial charge in [0.15, 0.2) is 5.72 Å². The summed E-state index contributed by atoms with van der Waals surface area (Å²) >= 11 is 0. The van der Waals surface area contributed by atoms with Crippen LogP contribution in [0.3, 0.4) is 0 Å². The van der Waals surface area contributed by atoms with Gasteiger partial charge in [-0.25, -0.2) is 5.01 Å². The van der Waals surface area contributed by atoms with E-state index in [9.17, 15) is 9.90 Å². The second-order valence-corrected chi connectivity index (χ2v) is 5.94. The van der Waals surface area contributed by atoms with Crippen molar-refractivity contribution in [2.75, 3.05) is 0 Å². The molecule has 0 aliphatic carbocycles. The second-order valence-electron chi connectivity index (χ2n) is 5.94. The highest BCUT2D eigenvalue weighted by molar-refractivity contribution is 5.82. The third kappa shape index (κ3) is 2.54. The smallest absolute Gasteiger partial charge is 0.249 e. The maximum atomic E-state index is 12.3. The molecule has 1 heterocycles. The third-order valence-electron chi connectivity index (χ3n) is 3.56. The quantitative estimate of drug-likeness (QED) is 0.886. The number of amides is 1. The maximum Gasteiger partial charge on any atom is 0.249 e. The molecule has 2 rings (SSSR count). The van der Waals surface area contributed by atoms with E-state index in [2.05, 4.69) is 5.10 Å². The van der Waals surface area contributed by atoms with Crippen molar-refractivity contribution in [1.82, 2.24) is 5.01 Å². The molecule has 0 saturated carbocycles. The van der Waals surface area contributed by atoms with Gasteiger partial charge in [0.1, 0.15) is 0 Å². The molecule has 0 saturated heterocycles. The van der Waals surface area contributed by atoms with Gasteiger partial charge in [-0.15, -0.1) is 0 Å². The molecular weight excluding hydrogens is 240 g/mol. The van der Waals surface area contributed by atoms with E-state index in [4.69, 9.17) is 0 Å².